The number of carbonyl (C=O) groups is 1. The molecule has 114 valence electrons. The number of nitrogens with one attached hydrogen (secondary N) is 1. The van der Waals surface area contributed by atoms with E-state index >= 15 is 0 Å². The third-order valence-electron chi connectivity index (χ3n) is 3.21. The second-order valence-corrected chi connectivity index (χ2v) is 7.23. The molecule has 0 aliphatic carbocycles. The van der Waals surface area contributed by atoms with Crippen LogP contribution in [0.3, 0.4) is 0 Å². The number of halogens is 1. The Bertz CT molecular complexity index is 803. The Kier molecular flexibility index (Phi) is 5.35. The third kappa shape index (κ3) is 4.36. The van der Waals surface area contributed by atoms with Crippen LogP contribution >= 0.6 is 34.4 Å². The fraction of sp³-hybridized carbons (Fsp3) is 0. The molecule has 3 aromatic carbocycles. The van der Waals surface area contributed by atoms with E-state index in [-0.39, 0.29) is 5.91 Å². The predicted molar refractivity (Wildman–Crippen MR) is 104 cm³/mol. The number of rotatable bonds is 4. The number of hydrogen-bond donors (Lipinski definition) is 1. The molecule has 23 heavy (non-hydrogen) atoms. The van der Waals surface area contributed by atoms with E-state index < -0.39 is 0 Å². The molecular formula is C19H14INOS. The fourth-order valence-electron chi connectivity index (χ4n) is 2.07. The second-order valence-electron chi connectivity index (χ2n) is 4.87. The van der Waals surface area contributed by atoms with E-state index in [0.29, 0.717) is 5.56 Å². The molecule has 0 saturated heterocycles. The number of carbonyl (C=O) groups excluding carboxylic acids is 1. The minimum Gasteiger partial charge on any atom is -0.321 e. The summed E-state index contributed by atoms with van der Waals surface area (Å²) in [7, 11) is 0. The van der Waals surface area contributed by atoms with Gasteiger partial charge in [0.05, 0.1) is 5.69 Å². The standard InChI is InChI=1S/C19H14INOS/c20-15-12-10-14(11-13-15)19(22)21-17-8-4-5-9-18(17)23-16-6-2-1-3-7-16/h1-13H,(H,21,22). The van der Waals surface area contributed by atoms with E-state index in [1.807, 2.05) is 66.7 Å². The van der Waals surface area contributed by atoms with Gasteiger partial charge < -0.3 is 5.32 Å². The van der Waals surface area contributed by atoms with Crippen molar-refractivity contribution < 1.29 is 4.79 Å². The maximum Gasteiger partial charge on any atom is 0.255 e. The highest BCUT2D eigenvalue weighted by Crippen LogP contribution is 2.33. The molecule has 3 aromatic rings. The van der Waals surface area contributed by atoms with Crippen LogP contribution in [0.25, 0.3) is 0 Å². The van der Waals surface area contributed by atoms with Gasteiger partial charge in [-0.2, -0.15) is 0 Å². The monoisotopic (exact) mass is 431 g/mol. The lowest BCUT2D eigenvalue weighted by Crippen LogP contribution is -2.12. The molecule has 0 aromatic heterocycles. The van der Waals surface area contributed by atoms with E-state index in [1.54, 1.807) is 11.8 Å². The number of hydrogen-bond acceptors (Lipinski definition) is 2. The van der Waals surface area contributed by atoms with Crippen molar-refractivity contribution in [1.82, 2.24) is 0 Å². The first-order chi connectivity index (χ1) is 11.2. The summed E-state index contributed by atoms with van der Waals surface area (Å²) in [6.07, 6.45) is 0. The topological polar surface area (TPSA) is 29.1 Å². The van der Waals surface area contributed by atoms with Crippen molar-refractivity contribution in [3.8, 4) is 0 Å². The first kappa shape index (κ1) is 16.1. The summed E-state index contributed by atoms with van der Waals surface area (Å²) in [6.45, 7) is 0. The lowest BCUT2D eigenvalue weighted by Gasteiger charge is -2.11. The van der Waals surface area contributed by atoms with Crippen molar-refractivity contribution in [3.05, 3.63) is 88.0 Å². The highest BCUT2D eigenvalue weighted by molar-refractivity contribution is 14.1. The summed E-state index contributed by atoms with van der Waals surface area (Å²) in [5.74, 6) is -0.0949. The Hall–Kier alpha value is -1.79. The SMILES string of the molecule is O=C(Nc1ccccc1Sc1ccccc1)c1ccc(I)cc1. The molecule has 0 spiro atoms. The molecule has 3 rings (SSSR count). The zero-order chi connectivity index (χ0) is 16.1. The molecule has 2 nitrogen and oxygen atoms in total. The van der Waals surface area contributed by atoms with E-state index in [1.165, 1.54) is 0 Å². The maximum absolute atomic E-state index is 12.4. The summed E-state index contributed by atoms with van der Waals surface area (Å²) >= 11 is 3.86. The van der Waals surface area contributed by atoms with Crippen molar-refractivity contribution >= 4 is 45.9 Å². The van der Waals surface area contributed by atoms with Gasteiger partial charge in [0.25, 0.3) is 5.91 Å². The number of benzene rings is 3. The molecule has 0 bridgehead atoms. The predicted octanol–water partition coefficient (Wildman–Crippen LogP) is 5.69. The minimum absolute atomic E-state index is 0.0949. The van der Waals surface area contributed by atoms with Crippen LogP contribution in [0.4, 0.5) is 5.69 Å². The van der Waals surface area contributed by atoms with Crippen molar-refractivity contribution in [3.63, 3.8) is 0 Å². The highest BCUT2D eigenvalue weighted by Gasteiger charge is 2.09. The average Bonchev–Trinajstić information content (AvgIpc) is 2.58. The number of para-hydroxylation sites is 1. The largest absolute Gasteiger partial charge is 0.321 e. The van der Waals surface area contributed by atoms with Gasteiger partial charge in [-0.3, -0.25) is 4.79 Å². The average molecular weight is 431 g/mol. The zero-order valence-electron chi connectivity index (χ0n) is 12.2. The Labute approximate surface area is 153 Å². The molecule has 0 fully saturated rings. The highest BCUT2D eigenvalue weighted by atomic mass is 127. The summed E-state index contributed by atoms with van der Waals surface area (Å²) < 4.78 is 1.11. The second kappa shape index (κ2) is 7.66. The van der Waals surface area contributed by atoms with Gasteiger partial charge in [0.2, 0.25) is 0 Å². The minimum atomic E-state index is -0.0949. The van der Waals surface area contributed by atoms with E-state index in [2.05, 4.69) is 40.0 Å². The van der Waals surface area contributed by atoms with Gasteiger partial charge >= 0.3 is 0 Å². The molecule has 0 aliphatic heterocycles. The molecule has 4 heteroatoms. The maximum atomic E-state index is 12.4. The van der Waals surface area contributed by atoms with E-state index in [4.69, 9.17) is 0 Å². The molecular weight excluding hydrogens is 417 g/mol. The Morgan fingerprint density at radius 2 is 1.48 bits per heavy atom. The van der Waals surface area contributed by atoms with Crippen LogP contribution in [0.1, 0.15) is 10.4 Å². The van der Waals surface area contributed by atoms with Crippen molar-refractivity contribution in [2.45, 2.75) is 9.79 Å². The van der Waals surface area contributed by atoms with Gasteiger partial charge in [0, 0.05) is 18.9 Å². The van der Waals surface area contributed by atoms with E-state index in [9.17, 15) is 4.79 Å². The molecule has 0 saturated carbocycles. The molecule has 1 amide bonds. The third-order valence-corrected chi connectivity index (χ3v) is 5.02. The Balaban J connectivity index is 1.80. The van der Waals surface area contributed by atoms with Gasteiger partial charge in [-0.25, -0.2) is 0 Å². The number of anilines is 1. The van der Waals surface area contributed by atoms with Gasteiger partial charge in [-0.1, -0.05) is 42.1 Å². The van der Waals surface area contributed by atoms with Gasteiger partial charge in [0.15, 0.2) is 0 Å². The summed E-state index contributed by atoms with van der Waals surface area (Å²) in [6, 6.07) is 25.5. The fourth-order valence-corrected chi connectivity index (χ4v) is 3.35. The lowest BCUT2D eigenvalue weighted by molar-refractivity contribution is 0.102. The summed E-state index contributed by atoms with van der Waals surface area (Å²) in [5.41, 5.74) is 1.48. The summed E-state index contributed by atoms with van der Waals surface area (Å²) in [4.78, 5) is 14.6. The first-order valence-corrected chi connectivity index (χ1v) is 9.01. The molecule has 0 atom stereocenters. The van der Waals surface area contributed by atoms with Crippen LogP contribution < -0.4 is 5.32 Å². The van der Waals surface area contributed by atoms with Gasteiger partial charge in [-0.05, 0) is 71.1 Å². The molecule has 0 radical (unpaired) electrons. The van der Waals surface area contributed by atoms with Crippen LogP contribution in [0.5, 0.6) is 0 Å². The normalized spacial score (nSPS) is 10.3. The number of amides is 1. The van der Waals surface area contributed by atoms with Crippen LogP contribution in [-0.2, 0) is 0 Å². The Morgan fingerprint density at radius 1 is 0.826 bits per heavy atom. The lowest BCUT2D eigenvalue weighted by atomic mass is 10.2. The molecule has 0 heterocycles. The molecule has 0 unspecified atom stereocenters. The van der Waals surface area contributed by atoms with Gasteiger partial charge in [0.1, 0.15) is 0 Å². The smallest absolute Gasteiger partial charge is 0.255 e. The van der Waals surface area contributed by atoms with Crippen LogP contribution in [0, 0.1) is 3.57 Å². The van der Waals surface area contributed by atoms with Crippen LogP contribution in [0.15, 0.2) is 88.7 Å². The van der Waals surface area contributed by atoms with Crippen molar-refractivity contribution in [2.75, 3.05) is 5.32 Å². The van der Waals surface area contributed by atoms with Crippen molar-refractivity contribution in [2.24, 2.45) is 0 Å². The quantitative estimate of drug-likeness (QED) is 0.538. The first-order valence-electron chi connectivity index (χ1n) is 7.11. The Morgan fingerprint density at radius 3 is 2.22 bits per heavy atom. The zero-order valence-corrected chi connectivity index (χ0v) is 15.2. The van der Waals surface area contributed by atoms with Crippen molar-refractivity contribution in [1.29, 1.82) is 0 Å². The molecule has 1 N–H and O–H groups in total. The van der Waals surface area contributed by atoms with Crippen LogP contribution in [-0.4, -0.2) is 5.91 Å². The van der Waals surface area contributed by atoms with Crippen LogP contribution in [0.2, 0.25) is 0 Å². The van der Waals surface area contributed by atoms with Gasteiger partial charge in [-0.15, -0.1) is 0 Å². The summed E-state index contributed by atoms with van der Waals surface area (Å²) in [5, 5.41) is 3.00. The molecule has 0 aliphatic rings. The van der Waals surface area contributed by atoms with E-state index in [0.717, 1.165) is 19.0 Å².